The Bertz CT molecular complexity index is 422. The van der Waals surface area contributed by atoms with Crippen LogP contribution in [0.15, 0.2) is 12.4 Å². The van der Waals surface area contributed by atoms with Crippen molar-refractivity contribution in [3.63, 3.8) is 0 Å². The predicted molar refractivity (Wildman–Crippen MR) is 72.5 cm³/mol. The molecule has 0 aromatic carbocycles. The van der Waals surface area contributed by atoms with Gasteiger partial charge >= 0.3 is 0 Å². The number of hydrogen-bond donors (Lipinski definition) is 0. The predicted octanol–water partition coefficient (Wildman–Crippen LogP) is 1.73. The van der Waals surface area contributed by atoms with Crippen LogP contribution in [0.2, 0.25) is 0 Å². The summed E-state index contributed by atoms with van der Waals surface area (Å²) in [5.74, 6) is 0.996. The van der Waals surface area contributed by atoms with E-state index in [-0.39, 0.29) is 18.1 Å². The Labute approximate surface area is 114 Å². The molecule has 1 aromatic heterocycles. The van der Waals surface area contributed by atoms with Crippen molar-refractivity contribution >= 4 is 5.91 Å². The van der Waals surface area contributed by atoms with Gasteiger partial charge < -0.3 is 14.2 Å². The summed E-state index contributed by atoms with van der Waals surface area (Å²) in [6.07, 6.45) is 6.36. The molecule has 5 heteroatoms. The van der Waals surface area contributed by atoms with Crippen LogP contribution in [0.4, 0.5) is 0 Å². The highest BCUT2D eigenvalue weighted by Crippen LogP contribution is 2.17. The molecule has 19 heavy (non-hydrogen) atoms. The summed E-state index contributed by atoms with van der Waals surface area (Å²) >= 11 is 0. The number of aromatic nitrogens is 2. The van der Waals surface area contributed by atoms with E-state index in [2.05, 4.69) is 4.98 Å². The van der Waals surface area contributed by atoms with Gasteiger partial charge in [0.15, 0.2) is 0 Å². The number of imidazole rings is 1. The lowest BCUT2D eigenvalue weighted by molar-refractivity contribution is -0.149. The monoisotopic (exact) mass is 265 g/mol. The Morgan fingerprint density at radius 1 is 1.58 bits per heavy atom. The summed E-state index contributed by atoms with van der Waals surface area (Å²) in [6.45, 7) is 5.30. The van der Waals surface area contributed by atoms with Gasteiger partial charge in [-0.25, -0.2) is 4.98 Å². The quantitative estimate of drug-likeness (QED) is 0.833. The SMILES string of the molecule is CC(C)N(Cc1nccn1C)C(=O)[C@@H]1CCCCO1. The molecule has 1 aromatic rings. The Balaban J connectivity index is 2.06. The molecule has 2 heterocycles. The summed E-state index contributed by atoms with van der Waals surface area (Å²) in [4.78, 5) is 18.7. The molecule has 1 aliphatic heterocycles. The third kappa shape index (κ3) is 3.35. The molecule has 1 fully saturated rings. The van der Waals surface area contributed by atoms with Crippen LogP contribution in [0.3, 0.4) is 0 Å². The van der Waals surface area contributed by atoms with Crippen molar-refractivity contribution in [2.24, 2.45) is 7.05 Å². The van der Waals surface area contributed by atoms with Crippen LogP contribution in [0.25, 0.3) is 0 Å². The zero-order valence-electron chi connectivity index (χ0n) is 12.0. The van der Waals surface area contributed by atoms with Crippen LogP contribution in [-0.2, 0) is 23.1 Å². The first kappa shape index (κ1) is 14.1. The number of aryl methyl sites for hydroxylation is 1. The Morgan fingerprint density at radius 2 is 2.37 bits per heavy atom. The zero-order chi connectivity index (χ0) is 13.8. The van der Waals surface area contributed by atoms with Gasteiger partial charge in [0, 0.05) is 32.1 Å². The molecule has 0 radical (unpaired) electrons. The molecule has 1 aliphatic rings. The lowest BCUT2D eigenvalue weighted by Gasteiger charge is -2.32. The second kappa shape index (κ2) is 6.19. The molecule has 5 nitrogen and oxygen atoms in total. The van der Waals surface area contributed by atoms with Crippen molar-refractivity contribution in [3.05, 3.63) is 18.2 Å². The van der Waals surface area contributed by atoms with E-state index >= 15 is 0 Å². The number of rotatable bonds is 4. The summed E-state index contributed by atoms with van der Waals surface area (Å²) in [5.41, 5.74) is 0. The van der Waals surface area contributed by atoms with Crippen LogP contribution in [-0.4, -0.2) is 39.1 Å². The fourth-order valence-corrected chi connectivity index (χ4v) is 2.34. The minimum atomic E-state index is -0.267. The fourth-order valence-electron chi connectivity index (χ4n) is 2.34. The van der Waals surface area contributed by atoms with E-state index in [1.165, 1.54) is 0 Å². The zero-order valence-corrected chi connectivity index (χ0v) is 12.0. The van der Waals surface area contributed by atoms with Gasteiger partial charge in [-0.3, -0.25) is 4.79 Å². The first-order valence-corrected chi connectivity index (χ1v) is 6.98. The maximum absolute atomic E-state index is 12.5. The van der Waals surface area contributed by atoms with Gasteiger partial charge in [0.25, 0.3) is 5.91 Å². The van der Waals surface area contributed by atoms with Gasteiger partial charge in [-0.15, -0.1) is 0 Å². The van der Waals surface area contributed by atoms with E-state index in [9.17, 15) is 4.79 Å². The van der Waals surface area contributed by atoms with E-state index in [4.69, 9.17) is 4.74 Å². The summed E-state index contributed by atoms with van der Waals surface area (Å²) in [6, 6.07) is 0.148. The van der Waals surface area contributed by atoms with Crippen LogP contribution in [0.5, 0.6) is 0 Å². The molecule has 0 N–H and O–H groups in total. The van der Waals surface area contributed by atoms with Crippen molar-refractivity contribution < 1.29 is 9.53 Å². The smallest absolute Gasteiger partial charge is 0.252 e. The highest BCUT2D eigenvalue weighted by atomic mass is 16.5. The lowest BCUT2D eigenvalue weighted by Crippen LogP contribution is -2.45. The number of nitrogens with zero attached hydrogens (tertiary/aromatic N) is 3. The second-order valence-corrected chi connectivity index (χ2v) is 5.37. The molecule has 0 aliphatic carbocycles. The van der Waals surface area contributed by atoms with Gasteiger partial charge in [-0.05, 0) is 33.1 Å². The highest BCUT2D eigenvalue weighted by Gasteiger charge is 2.29. The standard InChI is InChI=1S/C14H23N3O2/c1-11(2)17(10-13-15-7-8-16(13)3)14(18)12-6-4-5-9-19-12/h7-8,11-12H,4-6,9-10H2,1-3H3/t12-/m0/s1. The van der Waals surface area contributed by atoms with Crippen LogP contribution in [0.1, 0.15) is 38.9 Å². The fraction of sp³-hybridized carbons (Fsp3) is 0.714. The van der Waals surface area contributed by atoms with Gasteiger partial charge in [-0.2, -0.15) is 0 Å². The van der Waals surface area contributed by atoms with Gasteiger partial charge in [0.1, 0.15) is 11.9 Å². The van der Waals surface area contributed by atoms with E-state index in [0.29, 0.717) is 13.2 Å². The topological polar surface area (TPSA) is 47.4 Å². The molecule has 2 rings (SSSR count). The molecule has 106 valence electrons. The first-order valence-electron chi connectivity index (χ1n) is 6.98. The molecule has 1 saturated heterocycles. The molecular weight excluding hydrogens is 242 g/mol. The van der Waals surface area contributed by atoms with Crippen molar-refractivity contribution in [2.45, 2.75) is 51.8 Å². The second-order valence-electron chi connectivity index (χ2n) is 5.37. The summed E-state index contributed by atoms with van der Waals surface area (Å²) in [7, 11) is 1.95. The van der Waals surface area contributed by atoms with E-state index in [1.54, 1.807) is 6.20 Å². The molecule has 0 bridgehead atoms. The molecule has 1 amide bonds. The number of carbonyl (C=O) groups excluding carboxylic acids is 1. The van der Waals surface area contributed by atoms with Gasteiger partial charge in [0.05, 0.1) is 6.54 Å². The van der Waals surface area contributed by atoms with Crippen LogP contribution < -0.4 is 0 Å². The minimum Gasteiger partial charge on any atom is -0.368 e. The first-order chi connectivity index (χ1) is 9.09. The normalized spacial score (nSPS) is 19.7. The molecule has 0 spiro atoms. The summed E-state index contributed by atoms with van der Waals surface area (Å²) in [5, 5.41) is 0. The molecule has 0 unspecified atom stereocenters. The molecule has 0 saturated carbocycles. The Morgan fingerprint density at radius 3 is 2.89 bits per heavy atom. The van der Waals surface area contributed by atoms with E-state index in [0.717, 1.165) is 25.1 Å². The van der Waals surface area contributed by atoms with Crippen molar-refractivity contribution in [1.82, 2.24) is 14.5 Å². The number of hydrogen-bond acceptors (Lipinski definition) is 3. The van der Waals surface area contributed by atoms with Crippen LogP contribution >= 0.6 is 0 Å². The largest absolute Gasteiger partial charge is 0.368 e. The third-order valence-electron chi connectivity index (χ3n) is 3.59. The molecule has 1 atom stereocenters. The average molecular weight is 265 g/mol. The number of ether oxygens (including phenoxy) is 1. The van der Waals surface area contributed by atoms with Crippen molar-refractivity contribution in [3.8, 4) is 0 Å². The van der Waals surface area contributed by atoms with Gasteiger partial charge in [-0.1, -0.05) is 0 Å². The highest BCUT2D eigenvalue weighted by molar-refractivity contribution is 5.81. The number of carbonyl (C=O) groups is 1. The van der Waals surface area contributed by atoms with E-state index < -0.39 is 0 Å². The van der Waals surface area contributed by atoms with Gasteiger partial charge in [0.2, 0.25) is 0 Å². The summed E-state index contributed by atoms with van der Waals surface area (Å²) < 4.78 is 7.55. The van der Waals surface area contributed by atoms with Crippen molar-refractivity contribution in [2.75, 3.05) is 6.61 Å². The molecular formula is C14H23N3O2. The van der Waals surface area contributed by atoms with Crippen molar-refractivity contribution in [1.29, 1.82) is 0 Å². The Hall–Kier alpha value is -1.36. The van der Waals surface area contributed by atoms with Crippen LogP contribution in [0, 0.1) is 0 Å². The third-order valence-corrected chi connectivity index (χ3v) is 3.59. The number of amides is 1. The van der Waals surface area contributed by atoms with E-state index in [1.807, 2.05) is 36.6 Å². The minimum absolute atomic E-state index is 0.0951. The lowest BCUT2D eigenvalue weighted by atomic mass is 10.1. The maximum Gasteiger partial charge on any atom is 0.252 e. The maximum atomic E-state index is 12.5. The average Bonchev–Trinajstić information content (AvgIpc) is 2.81. The Kier molecular flexibility index (Phi) is 4.58.